The Kier molecular flexibility index (Phi) is 4.50. The predicted molar refractivity (Wildman–Crippen MR) is 104 cm³/mol. The number of pyridine rings is 1. The number of rotatable bonds is 4. The monoisotopic (exact) mass is 379 g/mol. The Hall–Kier alpha value is -3.35. The second kappa shape index (κ2) is 6.99. The molecular formula is C21H21N3O4. The molecule has 0 saturated heterocycles. The number of hydrogen-bond acceptors (Lipinski definition) is 5. The maximum Gasteiger partial charge on any atom is 0.343 e. The molecule has 7 nitrogen and oxygen atoms in total. The maximum absolute atomic E-state index is 12.7. The molecule has 3 aromatic rings. The summed E-state index contributed by atoms with van der Waals surface area (Å²) in [4.78, 5) is 24.9. The van der Waals surface area contributed by atoms with Gasteiger partial charge >= 0.3 is 5.97 Å². The van der Waals surface area contributed by atoms with Crippen LogP contribution in [-0.4, -0.2) is 34.0 Å². The third-order valence-electron chi connectivity index (χ3n) is 5.06. The molecule has 2 heterocycles. The van der Waals surface area contributed by atoms with E-state index in [0.29, 0.717) is 6.42 Å². The molecule has 0 atom stereocenters. The predicted octanol–water partition coefficient (Wildman–Crippen LogP) is 2.52. The number of nitrogens with zero attached hydrogens (tertiary/aromatic N) is 3. The van der Waals surface area contributed by atoms with E-state index in [4.69, 9.17) is 9.47 Å². The smallest absolute Gasteiger partial charge is 0.343 e. The summed E-state index contributed by atoms with van der Waals surface area (Å²) in [5.41, 5.74) is 4.35. The van der Waals surface area contributed by atoms with E-state index in [2.05, 4.69) is 5.10 Å². The van der Waals surface area contributed by atoms with Gasteiger partial charge in [-0.25, -0.2) is 9.48 Å². The minimum atomic E-state index is -0.578. The summed E-state index contributed by atoms with van der Waals surface area (Å²) in [6.07, 6.45) is 3.25. The summed E-state index contributed by atoms with van der Waals surface area (Å²) in [6.45, 7) is 1.96. The second-order valence-corrected chi connectivity index (χ2v) is 6.63. The average molecular weight is 379 g/mol. The molecule has 0 amide bonds. The maximum atomic E-state index is 12.7. The molecule has 0 aliphatic heterocycles. The van der Waals surface area contributed by atoms with E-state index in [1.54, 1.807) is 33.3 Å². The van der Waals surface area contributed by atoms with Gasteiger partial charge in [0.25, 0.3) is 5.56 Å². The zero-order valence-electron chi connectivity index (χ0n) is 16.1. The lowest BCUT2D eigenvalue weighted by Gasteiger charge is -2.21. The minimum Gasteiger partial charge on any atom is -0.497 e. The molecule has 1 aliphatic rings. The third-order valence-corrected chi connectivity index (χ3v) is 5.06. The first-order valence-corrected chi connectivity index (χ1v) is 9.16. The van der Waals surface area contributed by atoms with Crippen molar-refractivity contribution >= 4 is 5.97 Å². The first-order valence-electron chi connectivity index (χ1n) is 9.16. The van der Waals surface area contributed by atoms with Crippen molar-refractivity contribution in [3.8, 4) is 22.7 Å². The Balaban J connectivity index is 1.82. The van der Waals surface area contributed by atoms with Gasteiger partial charge in [0.1, 0.15) is 11.3 Å². The molecule has 1 aromatic carbocycles. The van der Waals surface area contributed by atoms with Crippen LogP contribution in [-0.2, 0) is 24.6 Å². The van der Waals surface area contributed by atoms with Crippen LogP contribution in [0.3, 0.4) is 0 Å². The SMILES string of the molecule is CCOC(=O)c1cc2c(n(C)c1=O)-c1cnn(-c3ccc(OC)cc3)c1CC2. The van der Waals surface area contributed by atoms with Gasteiger partial charge in [0, 0.05) is 12.6 Å². The van der Waals surface area contributed by atoms with Crippen molar-refractivity contribution in [2.45, 2.75) is 19.8 Å². The van der Waals surface area contributed by atoms with E-state index in [1.807, 2.05) is 28.9 Å². The van der Waals surface area contributed by atoms with Crippen molar-refractivity contribution < 1.29 is 14.3 Å². The van der Waals surface area contributed by atoms with E-state index in [-0.39, 0.29) is 17.7 Å². The van der Waals surface area contributed by atoms with Crippen molar-refractivity contribution in [1.82, 2.24) is 14.3 Å². The van der Waals surface area contributed by atoms with Crippen LogP contribution in [0.2, 0.25) is 0 Å². The fraction of sp³-hybridized carbons (Fsp3) is 0.286. The number of esters is 1. The molecule has 0 unspecified atom stereocenters. The van der Waals surface area contributed by atoms with E-state index < -0.39 is 5.97 Å². The third kappa shape index (κ3) is 2.79. The van der Waals surface area contributed by atoms with Crippen LogP contribution in [0.4, 0.5) is 0 Å². The molecule has 2 aromatic heterocycles. The standard InChI is InChI=1S/C21H21N3O4/c1-4-28-21(26)16-11-13-5-10-18-17(19(13)23(2)20(16)25)12-22-24(18)14-6-8-15(27-3)9-7-14/h6-9,11-12H,4-5,10H2,1-3H3. The van der Waals surface area contributed by atoms with Crippen LogP contribution in [0, 0.1) is 0 Å². The number of fused-ring (bicyclic) bond motifs is 3. The zero-order valence-corrected chi connectivity index (χ0v) is 16.1. The number of methoxy groups -OCH3 is 1. The fourth-order valence-corrected chi connectivity index (χ4v) is 3.71. The molecule has 0 saturated carbocycles. The summed E-state index contributed by atoms with van der Waals surface area (Å²) in [5.74, 6) is 0.203. The summed E-state index contributed by atoms with van der Waals surface area (Å²) < 4.78 is 13.7. The number of carbonyl (C=O) groups excluding carboxylic acids is 1. The van der Waals surface area contributed by atoms with Crippen molar-refractivity contribution in [1.29, 1.82) is 0 Å². The van der Waals surface area contributed by atoms with Crippen molar-refractivity contribution in [3.05, 3.63) is 63.7 Å². The normalized spacial score (nSPS) is 12.2. The van der Waals surface area contributed by atoms with Crippen LogP contribution in [0.1, 0.15) is 28.5 Å². The molecule has 28 heavy (non-hydrogen) atoms. The fourth-order valence-electron chi connectivity index (χ4n) is 3.71. The average Bonchev–Trinajstić information content (AvgIpc) is 3.14. The number of ether oxygens (including phenoxy) is 2. The highest BCUT2D eigenvalue weighted by molar-refractivity contribution is 5.90. The Bertz CT molecular complexity index is 1110. The second-order valence-electron chi connectivity index (χ2n) is 6.63. The van der Waals surface area contributed by atoms with E-state index >= 15 is 0 Å². The first-order chi connectivity index (χ1) is 13.5. The number of aromatic nitrogens is 3. The summed E-state index contributed by atoms with van der Waals surface area (Å²) in [6, 6.07) is 9.35. The molecule has 0 spiro atoms. The first kappa shape index (κ1) is 18.0. The molecule has 0 N–H and O–H groups in total. The minimum absolute atomic E-state index is 0.0779. The lowest BCUT2D eigenvalue weighted by atomic mass is 9.92. The molecule has 4 rings (SSSR count). The Morgan fingerprint density at radius 2 is 1.96 bits per heavy atom. The lowest BCUT2D eigenvalue weighted by Crippen LogP contribution is -2.29. The van der Waals surface area contributed by atoms with Crippen molar-refractivity contribution in [2.24, 2.45) is 7.05 Å². The van der Waals surface area contributed by atoms with Gasteiger partial charge in [-0.2, -0.15) is 5.10 Å². The van der Waals surface area contributed by atoms with Gasteiger partial charge in [-0.3, -0.25) is 4.79 Å². The molecule has 0 radical (unpaired) electrons. The van der Waals surface area contributed by atoms with Gasteiger partial charge in [-0.1, -0.05) is 0 Å². The number of hydrogen-bond donors (Lipinski definition) is 0. The highest BCUT2D eigenvalue weighted by Crippen LogP contribution is 2.34. The molecule has 144 valence electrons. The van der Waals surface area contributed by atoms with Gasteiger partial charge in [-0.15, -0.1) is 0 Å². The van der Waals surface area contributed by atoms with Crippen LogP contribution < -0.4 is 10.3 Å². The Labute approximate surface area is 162 Å². The van der Waals surface area contributed by atoms with E-state index in [9.17, 15) is 9.59 Å². The van der Waals surface area contributed by atoms with Crippen LogP contribution in [0.15, 0.2) is 41.3 Å². The largest absolute Gasteiger partial charge is 0.497 e. The lowest BCUT2D eigenvalue weighted by molar-refractivity contribution is 0.0523. The molecule has 0 bridgehead atoms. The summed E-state index contributed by atoms with van der Waals surface area (Å²) in [7, 11) is 3.32. The van der Waals surface area contributed by atoms with Gasteiger partial charge in [0.05, 0.1) is 37.0 Å². The van der Waals surface area contributed by atoms with Gasteiger partial charge in [0.2, 0.25) is 0 Å². The van der Waals surface area contributed by atoms with Gasteiger partial charge < -0.3 is 14.0 Å². The number of benzene rings is 1. The van der Waals surface area contributed by atoms with E-state index in [0.717, 1.165) is 40.4 Å². The Morgan fingerprint density at radius 3 is 2.64 bits per heavy atom. The number of aryl methyl sites for hydroxylation is 1. The van der Waals surface area contributed by atoms with Crippen LogP contribution >= 0.6 is 0 Å². The number of carbonyl (C=O) groups is 1. The van der Waals surface area contributed by atoms with Crippen LogP contribution in [0.5, 0.6) is 5.75 Å². The molecule has 1 aliphatic carbocycles. The quantitative estimate of drug-likeness (QED) is 0.651. The Morgan fingerprint density at radius 1 is 1.21 bits per heavy atom. The van der Waals surface area contributed by atoms with Gasteiger partial charge in [0.15, 0.2) is 0 Å². The van der Waals surface area contributed by atoms with Crippen molar-refractivity contribution in [2.75, 3.05) is 13.7 Å². The summed E-state index contributed by atoms with van der Waals surface area (Å²) >= 11 is 0. The highest BCUT2D eigenvalue weighted by atomic mass is 16.5. The topological polar surface area (TPSA) is 75.4 Å². The van der Waals surface area contributed by atoms with E-state index in [1.165, 1.54) is 4.57 Å². The van der Waals surface area contributed by atoms with Crippen molar-refractivity contribution in [3.63, 3.8) is 0 Å². The van der Waals surface area contributed by atoms with Gasteiger partial charge in [-0.05, 0) is 55.7 Å². The zero-order chi connectivity index (χ0) is 19.8. The van der Waals surface area contributed by atoms with Crippen LogP contribution in [0.25, 0.3) is 16.9 Å². The highest BCUT2D eigenvalue weighted by Gasteiger charge is 2.26. The summed E-state index contributed by atoms with van der Waals surface area (Å²) in [5, 5.41) is 4.55. The molecular weight excluding hydrogens is 358 g/mol. The molecule has 7 heteroatoms. The molecule has 0 fully saturated rings.